The molecule has 0 saturated carbocycles. The van der Waals surface area contributed by atoms with Gasteiger partial charge in [-0.25, -0.2) is 19.9 Å². The molecule has 6 heterocycles. The summed E-state index contributed by atoms with van der Waals surface area (Å²) in [7, 11) is 0. The van der Waals surface area contributed by atoms with Crippen molar-refractivity contribution in [2.75, 3.05) is 46.6 Å². The number of nitrogens with two attached hydrogens (primary N) is 3. The van der Waals surface area contributed by atoms with Crippen LogP contribution in [0.1, 0.15) is 87.8 Å². The van der Waals surface area contributed by atoms with Crippen LogP contribution in [0.15, 0.2) is 48.8 Å². The van der Waals surface area contributed by atoms with E-state index in [-0.39, 0.29) is 35.2 Å². The predicted octanol–water partition coefficient (Wildman–Crippen LogP) is 3.72. The van der Waals surface area contributed by atoms with E-state index < -0.39 is 17.4 Å². The van der Waals surface area contributed by atoms with Gasteiger partial charge in [-0.2, -0.15) is 8.75 Å². The molecule has 5 aromatic rings. The Bertz CT molecular complexity index is 2240. The summed E-state index contributed by atoms with van der Waals surface area (Å²) in [5, 5.41) is 20.9. The maximum Gasteiger partial charge on any atom is 0.271 e. The number of hydrogen-bond donors (Lipinski definition) is 7. The number of carbonyl (C=O) groups is 3. The molecule has 0 bridgehead atoms. The van der Waals surface area contributed by atoms with E-state index in [0.717, 1.165) is 72.3 Å². The highest BCUT2D eigenvalue weighted by molar-refractivity contribution is 7.10. The maximum atomic E-state index is 12.8. The van der Waals surface area contributed by atoms with Gasteiger partial charge in [-0.15, -0.1) is 0 Å². The van der Waals surface area contributed by atoms with Gasteiger partial charge in [0.15, 0.2) is 23.0 Å². The van der Waals surface area contributed by atoms with Gasteiger partial charge in [0.1, 0.15) is 21.6 Å². The summed E-state index contributed by atoms with van der Waals surface area (Å²) in [6, 6.07) is 10.7. The van der Waals surface area contributed by atoms with Crippen molar-refractivity contribution in [3.63, 3.8) is 0 Å². The molecule has 2 atom stereocenters. The summed E-state index contributed by atoms with van der Waals surface area (Å²) in [5.41, 5.74) is 19.1. The Kier molecular flexibility index (Phi) is 13.1. The van der Waals surface area contributed by atoms with Crippen molar-refractivity contribution >= 4 is 74.1 Å². The molecule has 3 amide bonds. The first-order valence-corrected chi connectivity index (χ1v) is 20.3. The number of primary amides is 2. The molecular weight excluding hydrogens is 781 g/mol. The van der Waals surface area contributed by atoms with E-state index in [0.29, 0.717) is 29.6 Å². The van der Waals surface area contributed by atoms with E-state index in [1.807, 2.05) is 30.9 Å². The van der Waals surface area contributed by atoms with Crippen molar-refractivity contribution < 1.29 is 19.5 Å². The molecule has 7 rings (SSSR count). The second-order valence-corrected chi connectivity index (χ2v) is 16.3. The van der Waals surface area contributed by atoms with E-state index in [1.165, 1.54) is 29.3 Å². The first-order chi connectivity index (χ1) is 27.6. The van der Waals surface area contributed by atoms with Crippen molar-refractivity contribution in [3.05, 3.63) is 82.7 Å². The molecule has 0 unspecified atom stereocenters. The summed E-state index contributed by atoms with van der Waals surface area (Å²) in [5.74, 6) is 0.433. The van der Waals surface area contributed by atoms with Gasteiger partial charge in [0.05, 0.1) is 29.4 Å². The summed E-state index contributed by atoms with van der Waals surface area (Å²) >= 11 is 2.55. The van der Waals surface area contributed by atoms with Crippen LogP contribution < -0.4 is 43.0 Å². The van der Waals surface area contributed by atoms with Crippen LogP contribution >= 0.6 is 23.1 Å². The number of aromatic nitrogens is 6. The lowest BCUT2D eigenvalue weighted by Crippen LogP contribution is -2.48. The molecule has 306 valence electrons. The van der Waals surface area contributed by atoms with Gasteiger partial charge in [-0.3, -0.25) is 14.4 Å². The number of carbonyl (C=O) groups excluding carboxylic acids is 3. The van der Waals surface area contributed by atoms with Crippen molar-refractivity contribution in [3.8, 4) is 0 Å². The number of piperidine rings is 2. The Morgan fingerprint density at radius 2 is 1.29 bits per heavy atom. The topological polar surface area (TPSA) is 269 Å². The standard InChI is InChI=1S/C24H29N7O3S.C14H19N7OS/c1-14-11-19(35-30-14)29-22-20(21(25)32)26-12-18(28-22)31-10-4-5-17(13-31)27-23(33)15-6-8-16(9-7-15)24(2,3)34;1-8-5-11(23-20-8)19-14-12(13(16)22)17-6-10(18-14)21-4-2-3-9(15)7-21/h6-9,11-12,17,34H,4-5,10,13H2,1-3H3,(H2,25,32)(H,27,33)(H,28,29);5-6,9H,2-4,7,15H2,1H3,(H2,16,22)(H,18,19)/t17-;9-/m11/s1. The van der Waals surface area contributed by atoms with Crippen LogP contribution in [-0.2, 0) is 5.60 Å². The molecule has 0 aliphatic carbocycles. The fraction of sp³-hybridized carbons (Fsp3) is 0.395. The van der Waals surface area contributed by atoms with Crippen LogP contribution in [0.3, 0.4) is 0 Å². The number of aryl methyl sites for hydroxylation is 2. The summed E-state index contributed by atoms with van der Waals surface area (Å²) in [4.78, 5) is 58.0. The van der Waals surface area contributed by atoms with Crippen LogP contribution in [0.2, 0.25) is 0 Å². The van der Waals surface area contributed by atoms with E-state index in [2.05, 4.69) is 49.5 Å². The van der Waals surface area contributed by atoms with E-state index >= 15 is 0 Å². The number of benzene rings is 1. The summed E-state index contributed by atoms with van der Waals surface area (Å²) in [6.07, 6.45) is 6.82. The smallest absolute Gasteiger partial charge is 0.271 e. The molecule has 58 heavy (non-hydrogen) atoms. The average Bonchev–Trinajstić information content (AvgIpc) is 3.80. The minimum Gasteiger partial charge on any atom is -0.386 e. The lowest BCUT2D eigenvalue weighted by atomic mass is 9.97. The molecule has 2 saturated heterocycles. The van der Waals surface area contributed by atoms with Crippen molar-refractivity contribution in [2.45, 2.75) is 71.1 Å². The Morgan fingerprint density at radius 1 is 0.793 bits per heavy atom. The maximum absolute atomic E-state index is 12.8. The van der Waals surface area contributed by atoms with Gasteiger partial charge in [-0.05, 0) is 106 Å². The van der Waals surface area contributed by atoms with Gasteiger partial charge >= 0.3 is 0 Å². The first-order valence-electron chi connectivity index (χ1n) is 18.8. The normalized spacial score (nSPS) is 16.9. The number of aliphatic hydroxyl groups is 1. The second-order valence-electron chi connectivity index (χ2n) is 14.7. The average molecular weight is 829 g/mol. The lowest BCUT2D eigenvalue weighted by molar-refractivity contribution is 0.0783. The molecule has 10 N–H and O–H groups in total. The Hall–Kier alpha value is -5.83. The molecule has 0 spiro atoms. The van der Waals surface area contributed by atoms with Gasteiger partial charge in [-0.1, -0.05) is 12.1 Å². The highest BCUT2D eigenvalue weighted by Crippen LogP contribution is 2.28. The summed E-state index contributed by atoms with van der Waals surface area (Å²) < 4.78 is 8.43. The number of amides is 3. The number of nitrogens with one attached hydrogen (secondary N) is 3. The van der Waals surface area contributed by atoms with Crippen LogP contribution in [-0.4, -0.2) is 89.8 Å². The minimum atomic E-state index is -0.962. The van der Waals surface area contributed by atoms with E-state index in [1.54, 1.807) is 44.3 Å². The SMILES string of the molecule is Cc1cc(Nc2nc(N3CCC[C@@H](N)C3)cnc2C(N)=O)sn1.Cc1cc(Nc2nc(N3CCC[C@@H](NC(=O)c4ccc(C(C)(C)O)cc4)C3)cnc2C(N)=O)sn1. The zero-order valence-electron chi connectivity index (χ0n) is 32.7. The van der Waals surface area contributed by atoms with Gasteiger partial charge in [0.2, 0.25) is 0 Å². The molecular formula is C38H48N14O4S2. The molecule has 20 heteroatoms. The van der Waals surface area contributed by atoms with Crippen LogP contribution in [0, 0.1) is 13.8 Å². The first kappa shape index (κ1) is 41.8. The van der Waals surface area contributed by atoms with Crippen LogP contribution in [0.25, 0.3) is 0 Å². The Morgan fingerprint density at radius 3 is 1.74 bits per heavy atom. The number of hydrogen-bond acceptors (Lipinski definition) is 17. The molecule has 18 nitrogen and oxygen atoms in total. The molecule has 4 aromatic heterocycles. The van der Waals surface area contributed by atoms with E-state index in [9.17, 15) is 19.5 Å². The van der Waals surface area contributed by atoms with Crippen molar-refractivity contribution in [1.82, 2.24) is 34.0 Å². The van der Waals surface area contributed by atoms with Gasteiger partial charge in [0.25, 0.3) is 17.7 Å². The molecule has 2 aliphatic rings. The number of rotatable bonds is 11. The third-order valence-electron chi connectivity index (χ3n) is 9.44. The highest BCUT2D eigenvalue weighted by atomic mass is 32.1. The predicted molar refractivity (Wildman–Crippen MR) is 225 cm³/mol. The van der Waals surface area contributed by atoms with Crippen molar-refractivity contribution in [2.24, 2.45) is 17.2 Å². The third kappa shape index (κ3) is 10.8. The monoisotopic (exact) mass is 828 g/mol. The quantitative estimate of drug-likeness (QED) is 0.100. The van der Waals surface area contributed by atoms with Crippen LogP contribution in [0.4, 0.5) is 33.3 Å². The molecule has 1 aromatic carbocycles. The Labute approximate surface area is 344 Å². The lowest BCUT2D eigenvalue weighted by Gasteiger charge is -2.34. The van der Waals surface area contributed by atoms with Gasteiger partial charge < -0.3 is 48.1 Å². The minimum absolute atomic E-state index is 0.0520. The second kappa shape index (κ2) is 18.2. The molecule has 2 aliphatic heterocycles. The zero-order chi connectivity index (χ0) is 41.6. The molecule has 2 fully saturated rings. The highest BCUT2D eigenvalue weighted by Gasteiger charge is 2.26. The fourth-order valence-electron chi connectivity index (χ4n) is 6.50. The summed E-state index contributed by atoms with van der Waals surface area (Å²) in [6.45, 7) is 10.1. The Balaban J connectivity index is 0.000000213. The third-order valence-corrected chi connectivity index (χ3v) is 11.0. The fourth-order valence-corrected chi connectivity index (χ4v) is 7.82. The van der Waals surface area contributed by atoms with Crippen molar-refractivity contribution in [1.29, 1.82) is 0 Å². The number of nitrogens with zero attached hydrogens (tertiary/aromatic N) is 8. The van der Waals surface area contributed by atoms with E-state index in [4.69, 9.17) is 17.2 Å². The number of anilines is 6. The van der Waals surface area contributed by atoms with Gasteiger partial charge in [0, 0.05) is 43.8 Å². The zero-order valence-corrected chi connectivity index (χ0v) is 34.4. The molecule has 0 radical (unpaired) electrons. The van der Waals surface area contributed by atoms with Crippen LogP contribution in [0.5, 0.6) is 0 Å². The largest absolute Gasteiger partial charge is 0.386 e.